The Labute approximate surface area is 144 Å². The maximum absolute atomic E-state index is 12.5. The number of nitro groups is 1. The minimum Gasteiger partial charge on any atom is -0.477 e. The van der Waals surface area contributed by atoms with Gasteiger partial charge in [-0.15, -0.1) is 0 Å². The summed E-state index contributed by atoms with van der Waals surface area (Å²) in [6.45, 7) is -0.587. The number of anilines is 1. The molecule has 6 nitrogen and oxygen atoms in total. The second-order valence-corrected chi connectivity index (χ2v) is 5.71. The number of benzene rings is 2. The van der Waals surface area contributed by atoms with Gasteiger partial charge in [-0.1, -0.05) is 24.3 Å². The van der Waals surface area contributed by atoms with E-state index in [9.17, 15) is 28.1 Å². The van der Waals surface area contributed by atoms with E-state index in [1.807, 2.05) is 0 Å². The maximum atomic E-state index is 12.5. The van der Waals surface area contributed by atoms with Crippen molar-refractivity contribution in [2.75, 3.05) is 11.9 Å². The topological polar surface area (TPSA) is 81.5 Å². The van der Waals surface area contributed by atoms with Gasteiger partial charge in [-0.3, -0.25) is 14.9 Å². The second kappa shape index (κ2) is 7.88. The molecule has 0 unspecified atom stereocenters. The molecule has 0 atom stereocenters. The first-order valence-corrected chi connectivity index (χ1v) is 7.59. The molecular weight excluding hydrogens is 361 g/mol. The molecule has 0 aromatic heterocycles. The maximum Gasteiger partial charge on any atom is 0.446 e. The first-order chi connectivity index (χ1) is 11.8. The summed E-state index contributed by atoms with van der Waals surface area (Å²) >= 11 is -0.355. The predicted octanol–water partition coefficient (Wildman–Crippen LogP) is 4.22. The van der Waals surface area contributed by atoms with Gasteiger partial charge in [0.15, 0.2) is 12.4 Å². The summed E-state index contributed by atoms with van der Waals surface area (Å²) in [5.41, 5.74) is -4.84. The SMILES string of the molecule is O=C(COc1ccccc1[N+](=O)[O-])Nc1ccccc1SC(F)(F)F. The fourth-order valence-electron chi connectivity index (χ4n) is 1.84. The molecule has 1 amide bonds. The van der Waals surface area contributed by atoms with Gasteiger partial charge in [-0.2, -0.15) is 13.2 Å². The van der Waals surface area contributed by atoms with Crippen molar-refractivity contribution in [2.24, 2.45) is 0 Å². The molecule has 0 fully saturated rings. The van der Waals surface area contributed by atoms with Gasteiger partial charge in [0.1, 0.15) is 0 Å². The third-order valence-corrected chi connectivity index (χ3v) is 3.61. The first kappa shape index (κ1) is 18.6. The molecule has 0 aliphatic heterocycles. The highest BCUT2D eigenvalue weighted by Crippen LogP contribution is 2.40. The number of nitrogens with zero attached hydrogens (tertiary/aromatic N) is 1. The summed E-state index contributed by atoms with van der Waals surface area (Å²) in [5.74, 6) is -0.853. The van der Waals surface area contributed by atoms with Crippen LogP contribution < -0.4 is 10.1 Å². The van der Waals surface area contributed by atoms with Crippen molar-refractivity contribution in [1.29, 1.82) is 0 Å². The molecule has 25 heavy (non-hydrogen) atoms. The van der Waals surface area contributed by atoms with Crippen molar-refractivity contribution >= 4 is 29.0 Å². The number of rotatable bonds is 6. The Kier molecular flexibility index (Phi) is 5.86. The van der Waals surface area contributed by atoms with Crippen LogP contribution in [0.25, 0.3) is 0 Å². The molecule has 0 heterocycles. The van der Waals surface area contributed by atoms with E-state index in [0.717, 1.165) is 0 Å². The van der Waals surface area contributed by atoms with Crippen LogP contribution in [0, 0.1) is 10.1 Å². The second-order valence-electron chi connectivity index (χ2n) is 4.61. The van der Waals surface area contributed by atoms with E-state index in [1.165, 1.54) is 48.5 Å². The average Bonchev–Trinajstić information content (AvgIpc) is 2.53. The van der Waals surface area contributed by atoms with Crippen LogP contribution >= 0.6 is 11.8 Å². The normalized spacial score (nSPS) is 11.0. The molecule has 2 rings (SSSR count). The molecule has 0 aliphatic carbocycles. The van der Waals surface area contributed by atoms with Gasteiger partial charge in [0, 0.05) is 11.0 Å². The molecular formula is C15H11F3N2O4S. The van der Waals surface area contributed by atoms with Gasteiger partial charge in [-0.25, -0.2) is 0 Å². The fraction of sp³-hybridized carbons (Fsp3) is 0.133. The highest BCUT2D eigenvalue weighted by Gasteiger charge is 2.30. The third-order valence-electron chi connectivity index (χ3n) is 2.81. The molecule has 0 spiro atoms. The summed E-state index contributed by atoms with van der Waals surface area (Å²) in [5, 5.41) is 13.1. The number of para-hydroxylation sites is 3. The Hall–Kier alpha value is -2.75. The number of amides is 1. The summed E-state index contributed by atoms with van der Waals surface area (Å²) in [7, 11) is 0. The Bertz CT molecular complexity index is 783. The molecule has 0 aliphatic rings. The van der Waals surface area contributed by atoms with Gasteiger partial charge in [-0.05, 0) is 30.0 Å². The molecule has 0 bridgehead atoms. The lowest BCUT2D eigenvalue weighted by Gasteiger charge is -2.12. The van der Waals surface area contributed by atoms with E-state index in [4.69, 9.17) is 4.74 Å². The lowest BCUT2D eigenvalue weighted by Crippen LogP contribution is -2.21. The number of nitrogens with one attached hydrogen (secondary N) is 1. The summed E-state index contributed by atoms with van der Waals surface area (Å²) in [6, 6.07) is 10.9. The molecule has 132 valence electrons. The van der Waals surface area contributed by atoms with Gasteiger partial charge in [0.05, 0.1) is 10.6 Å². The zero-order chi connectivity index (χ0) is 18.4. The smallest absolute Gasteiger partial charge is 0.446 e. The van der Waals surface area contributed by atoms with Crippen LogP contribution in [0.4, 0.5) is 24.5 Å². The minimum atomic E-state index is -4.50. The van der Waals surface area contributed by atoms with Gasteiger partial charge >= 0.3 is 11.2 Å². The van der Waals surface area contributed by atoms with Crippen molar-refractivity contribution in [3.05, 3.63) is 58.6 Å². The van der Waals surface area contributed by atoms with Gasteiger partial charge in [0.2, 0.25) is 0 Å². The van der Waals surface area contributed by atoms with Crippen molar-refractivity contribution in [3.63, 3.8) is 0 Å². The Balaban J connectivity index is 2.03. The average molecular weight is 372 g/mol. The fourth-order valence-corrected chi connectivity index (χ4v) is 2.47. The molecule has 10 heteroatoms. The molecule has 0 saturated heterocycles. The third kappa shape index (κ3) is 5.68. The van der Waals surface area contributed by atoms with E-state index in [2.05, 4.69) is 5.32 Å². The van der Waals surface area contributed by atoms with Crippen LogP contribution in [0.1, 0.15) is 0 Å². The molecule has 1 N–H and O–H groups in total. The lowest BCUT2D eigenvalue weighted by molar-refractivity contribution is -0.385. The lowest BCUT2D eigenvalue weighted by atomic mass is 10.3. The summed E-state index contributed by atoms with van der Waals surface area (Å²) in [6.07, 6.45) is 0. The van der Waals surface area contributed by atoms with E-state index < -0.39 is 22.9 Å². The van der Waals surface area contributed by atoms with Crippen LogP contribution in [0.5, 0.6) is 5.75 Å². The number of nitro benzene ring substituents is 1. The van der Waals surface area contributed by atoms with Crippen LogP contribution in [0.2, 0.25) is 0 Å². The number of ether oxygens (including phenoxy) is 1. The highest BCUT2D eigenvalue weighted by atomic mass is 32.2. The Morgan fingerprint density at radius 1 is 1.16 bits per heavy atom. The zero-order valence-electron chi connectivity index (χ0n) is 12.4. The number of alkyl halides is 3. The zero-order valence-corrected chi connectivity index (χ0v) is 13.3. The Morgan fingerprint density at radius 2 is 1.80 bits per heavy atom. The molecule has 0 saturated carbocycles. The number of hydrogen-bond donors (Lipinski definition) is 1. The van der Waals surface area contributed by atoms with E-state index in [1.54, 1.807) is 0 Å². The van der Waals surface area contributed by atoms with Crippen molar-refractivity contribution < 1.29 is 27.6 Å². The van der Waals surface area contributed by atoms with Crippen molar-refractivity contribution in [2.45, 2.75) is 10.4 Å². The van der Waals surface area contributed by atoms with E-state index in [-0.39, 0.29) is 33.8 Å². The minimum absolute atomic E-state index is 0.0269. The summed E-state index contributed by atoms with van der Waals surface area (Å²) in [4.78, 5) is 21.9. The van der Waals surface area contributed by atoms with Crippen molar-refractivity contribution in [3.8, 4) is 5.75 Å². The predicted molar refractivity (Wildman–Crippen MR) is 85.6 cm³/mol. The first-order valence-electron chi connectivity index (χ1n) is 6.77. The van der Waals surface area contributed by atoms with E-state index in [0.29, 0.717) is 0 Å². The monoisotopic (exact) mass is 372 g/mol. The van der Waals surface area contributed by atoms with E-state index >= 15 is 0 Å². The quantitative estimate of drug-likeness (QED) is 0.466. The number of halogens is 3. The van der Waals surface area contributed by atoms with Crippen molar-refractivity contribution in [1.82, 2.24) is 0 Å². The van der Waals surface area contributed by atoms with Gasteiger partial charge in [0.25, 0.3) is 5.91 Å². The highest BCUT2D eigenvalue weighted by molar-refractivity contribution is 8.00. The van der Waals surface area contributed by atoms with Gasteiger partial charge < -0.3 is 10.1 Å². The molecule has 2 aromatic carbocycles. The number of thioether (sulfide) groups is 1. The molecule has 2 aromatic rings. The molecule has 0 radical (unpaired) electrons. The van der Waals surface area contributed by atoms with Crippen LogP contribution in [0.3, 0.4) is 0 Å². The largest absolute Gasteiger partial charge is 0.477 e. The Morgan fingerprint density at radius 3 is 2.48 bits per heavy atom. The standard InChI is InChI=1S/C15H11F3N2O4S/c16-15(17,18)25-13-8-4-1-5-10(13)19-14(21)9-24-12-7-3-2-6-11(12)20(22)23/h1-8H,9H2,(H,19,21). The number of hydrogen-bond acceptors (Lipinski definition) is 5. The van der Waals surface area contributed by atoms with Crippen LogP contribution in [-0.4, -0.2) is 22.9 Å². The van der Waals surface area contributed by atoms with Crippen LogP contribution in [0.15, 0.2) is 53.4 Å². The van der Waals surface area contributed by atoms with Crippen LogP contribution in [-0.2, 0) is 4.79 Å². The number of carbonyl (C=O) groups is 1. The number of carbonyl (C=O) groups excluding carboxylic acids is 1. The summed E-state index contributed by atoms with van der Waals surface area (Å²) < 4.78 is 42.6.